The van der Waals surface area contributed by atoms with Crippen molar-refractivity contribution in [1.29, 1.82) is 0 Å². The van der Waals surface area contributed by atoms with E-state index >= 15 is 0 Å². The van der Waals surface area contributed by atoms with Gasteiger partial charge in [0.05, 0.1) is 18.8 Å². The third-order valence-electron chi connectivity index (χ3n) is 6.23. The van der Waals surface area contributed by atoms with Crippen LogP contribution in [0.4, 0.5) is 17.5 Å². The van der Waals surface area contributed by atoms with Gasteiger partial charge in [-0.3, -0.25) is 14.6 Å². The highest BCUT2D eigenvalue weighted by atomic mass is 16.4. The number of carboxylic acid groups (broad SMARTS) is 1. The van der Waals surface area contributed by atoms with E-state index in [1.165, 1.54) is 0 Å². The van der Waals surface area contributed by atoms with Crippen molar-refractivity contribution < 1.29 is 15.0 Å². The SMILES string of the molecule is NCCCNc1ccc(-c2ccnc(Nc3cccc(CN4CCN(CC(=O)O)CC4CO)c3)n2)cn1. The number of aliphatic carboxylic acids is 1. The molecule has 1 saturated heterocycles. The van der Waals surface area contributed by atoms with Crippen molar-refractivity contribution in [2.45, 2.75) is 19.0 Å². The number of aliphatic hydroxyl groups is 1. The van der Waals surface area contributed by atoms with Crippen molar-refractivity contribution in [3.05, 3.63) is 60.4 Å². The average Bonchev–Trinajstić information content (AvgIpc) is 2.90. The van der Waals surface area contributed by atoms with Gasteiger partial charge >= 0.3 is 5.97 Å². The second kappa shape index (κ2) is 13.1. The fraction of sp³-hybridized carbons (Fsp3) is 0.385. The Morgan fingerprint density at radius 2 is 2.05 bits per heavy atom. The van der Waals surface area contributed by atoms with Crippen molar-refractivity contribution in [3.8, 4) is 11.3 Å². The van der Waals surface area contributed by atoms with Crippen molar-refractivity contribution >= 4 is 23.4 Å². The largest absolute Gasteiger partial charge is 0.480 e. The van der Waals surface area contributed by atoms with Gasteiger partial charge in [0.2, 0.25) is 5.95 Å². The number of aromatic nitrogens is 3. The second-order valence-corrected chi connectivity index (χ2v) is 9.03. The quantitative estimate of drug-likeness (QED) is 0.228. The fourth-order valence-corrected chi connectivity index (χ4v) is 4.33. The topological polar surface area (TPSA) is 153 Å². The fourth-order valence-electron chi connectivity index (χ4n) is 4.33. The molecule has 1 atom stereocenters. The molecule has 3 heterocycles. The molecule has 3 aromatic rings. The number of piperazine rings is 1. The van der Waals surface area contributed by atoms with E-state index < -0.39 is 5.97 Å². The molecule has 1 unspecified atom stereocenters. The number of aliphatic hydroxyl groups excluding tert-OH is 1. The molecular formula is C26H34N8O3. The van der Waals surface area contributed by atoms with Gasteiger partial charge in [0.15, 0.2) is 0 Å². The van der Waals surface area contributed by atoms with Gasteiger partial charge in [0.25, 0.3) is 0 Å². The Morgan fingerprint density at radius 3 is 2.81 bits per heavy atom. The number of hydrogen-bond acceptors (Lipinski definition) is 10. The lowest BCUT2D eigenvalue weighted by Gasteiger charge is -2.40. The molecule has 1 aliphatic heterocycles. The summed E-state index contributed by atoms with van der Waals surface area (Å²) in [5.74, 6) is 0.433. The Hall–Kier alpha value is -3.64. The number of nitrogens with zero attached hydrogens (tertiary/aromatic N) is 5. The Kier molecular flexibility index (Phi) is 9.33. The maximum Gasteiger partial charge on any atom is 0.317 e. The molecular weight excluding hydrogens is 472 g/mol. The molecule has 0 bridgehead atoms. The summed E-state index contributed by atoms with van der Waals surface area (Å²) in [6.07, 6.45) is 4.38. The molecule has 0 saturated carbocycles. The zero-order chi connectivity index (χ0) is 26.0. The summed E-state index contributed by atoms with van der Waals surface area (Å²) in [6.45, 7) is 3.92. The predicted octanol–water partition coefficient (Wildman–Crippen LogP) is 1.61. The van der Waals surface area contributed by atoms with Gasteiger partial charge in [-0.05, 0) is 48.9 Å². The standard InChI is InChI=1S/C26H34N8O3/c27-8-2-9-28-24-6-5-20(14-30-24)23-7-10-29-26(32-23)31-21-4-1-3-19(13-21)15-34-12-11-33(17-25(36)37)16-22(34)18-35/h1,3-7,10,13-14,22,35H,2,8-9,11-12,15-18,27H2,(H,28,30)(H,36,37)(H,29,31,32). The van der Waals surface area contributed by atoms with E-state index in [9.17, 15) is 9.90 Å². The smallest absolute Gasteiger partial charge is 0.317 e. The van der Waals surface area contributed by atoms with Crippen LogP contribution in [-0.2, 0) is 11.3 Å². The normalized spacial score (nSPS) is 16.4. The van der Waals surface area contributed by atoms with Gasteiger partial charge in [-0.15, -0.1) is 0 Å². The summed E-state index contributed by atoms with van der Waals surface area (Å²) in [7, 11) is 0. The van der Waals surface area contributed by atoms with Crippen LogP contribution in [0, 0.1) is 0 Å². The summed E-state index contributed by atoms with van der Waals surface area (Å²) < 4.78 is 0. The molecule has 0 amide bonds. The van der Waals surface area contributed by atoms with E-state index in [1.54, 1.807) is 12.4 Å². The summed E-state index contributed by atoms with van der Waals surface area (Å²) >= 11 is 0. The van der Waals surface area contributed by atoms with Crippen molar-refractivity contribution in [2.24, 2.45) is 5.73 Å². The third kappa shape index (κ3) is 7.67. The van der Waals surface area contributed by atoms with Crippen LogP contribution >= 0.6 is 0 Å². The van der Waals surface area contributed by atoms with Gasteiger partial charge in [0.1, 0.15) is 5.82 Å². The van der Waals surface area contributed by atoms with Crippen LogP contribution in [0.5, 0.6) is 0 Å². The zero-order valence-electron chi connectivity index (χ0n) is 20.8. The van der Waals surface area contributed by atoms with Crippen LogP contribution in [0.2, 0.25) is 0 Å². The first-order valence-corrected chi connectivity index (χ1v) is 12.4. The first-order chi connectivity index (χ1) is 18.0. The third-order valence-corrected chi connectivity index (χ3v) is 6.23. The van der Waals surface area contributed by atoms with Crippen LogP contribution in [0.25, 0.3) is 11.3 Å². The van der Waals surface area contributed by atoms with Crippen molar-refractivity contribution in [3.63, 3.8) is 0 Å². The van der Waals surface area contributed by atoms with E-state index in [2.05, 4.69) is 30.5 Å². The summed E-state index contributed by atoms with van der Waals surface area (Å²) in [4.78, 5) is 28.6. The molecule has 11 heteroatoms. The molecule has 1 fully saturated rings. The molecule has 4 rings (SSSR count). The number of pyridine rings is 1. The van der Waals surface area contributed by atoms with Crippen LogP contribution in [0.3, 0.4) is 0 Å². The first-order valence-electron chi connectivity index (χ1n) is 12.4. The van der Waals surface area contributed by atoms with Crippen LogP contribution in [0.1, 0.15) is 12.0 Å². The maximum absolute atomic E-state index is 11.0. The van der Waals surface area contributed by atoms with Crippen molar-refractivity contribution in [1.82, 2.24) is 24.8 Å². The number of nitrogens with one attached hydrogen (secondary N) is 2. The Bertz CT molecular complexity index is 1160. The average molecular weight is 507 g/mol. The first kappa shape index (κ1) is 26.4. The molecule has 0 aliphatic carbocycles. The van der Waals surface area contributed by atoms with E-state index in [-0.39, 0.29) is 19.2 Å². The molecule has 0 spiro atoms. The van der Waals surface area contributed by atoms with Crippen LogP contribution in [-0.4, -0.2) is 92.9 Å². The molecule has 6 N–H and O–H groups in total. The number of benzene rings is 1. The zero-order valence-corrected chi connectivity index (χ0v) is 20.8. The van der Waals surface area contributed by atoms with Gasteiger partial charge < -0.3 is 26.6 Å². The number of carboxylic acids is 1. The predicted molar refractivity (Wildman–Crippen MR) is 143 cm³/mol. The number of rotatable bonds is 12. The van der Waals surface area contributed by atoms with E-state index in [0.29, 0.717) is 38.7 Å². The Morgan fingerprint density at radius 1 is 1.16 bits per heavy atom. The lowest BCUT2D eigenvalue weighted by molar-refractivity contribution is -0.139. The number of carbonyl (C=O) groups is 1. The molecule has 37 heavy (non-hydrogen) atoms. The van der Waals surface area contributed by atoms with Crippen LogP contribution < -0.4 is 16.4 Å². The molecule has 11 nitrogen and oxygen atoms in total. The minimum Gasteiger partial charge on any atom is -0.480 e. The number of anilines is 3. The minimum absolute atomic E-state index is 0.00526. The Balaban J connectivity index is 1.38. The number of nitrogens with two attached hydrogens (primary N) is 1. The van der Waals surface area contributed by atoms with E-state index in [4.69, 9.17) is 10.8 Å². The van der Waals surface area contributed by atoms with Crippen molar-refractivity contribution in [2.75, 3.05) is 56.5 Å². The van der Waals surface area contributed by atoms with Gasteiger partial charge in [0, 0.05) is 62.4 Å². The molecule has 1 aliphatic rings. The highest BCUT2D eigenvalue weighted by Gasteiger charge is 2.27. The summed E-state index contributed by atoms with van der Waals surface area (Å²) in [5.41, 5.74) is 9.12. The lowest BCUT2D eigenvalue weighted by Crippen LogP contribution is -2.55. The number of hydrogen-bond donors (Lipinski definition) is 5. The van der Waals surface area contributed by atoms with Crippen LogP contribution in [0.15, 0.2) is 54.9 Å². The van der Waals surface area contributed by atoms with Gasteiger partial charge in [-0.1, -0.05) is 12.1 Å². The van der Waals surface area contributed by atoms with Gasteiger partial charge in [-0.25, -0.2) is 15.0 Å². The van der Waals surface area contributed by atoms with E-state index in [1.807, 2.05) is 47.4 Å². The lowest BCUT2D eigenvalue weighted by atomic mass is 10.1. The highest BCUT2D eigenvalue weighted by molar-refractivity contribution is 5.69. The molecule has 0 radical (unpaired) electrons. The van der Waals surface area contributed by atoms with E-state index in [0.717, 1.165) is 41.3 Å². The monoisotopic (exact) mass is 506 g/mol. The second-order valence-electron chi connectivity index (χ2n) is 9.03. The minimum atomic E-state index is -0.848. The molecule has 2 aromatic heterocycles. The van der Waals surface area contributed by atoms with Gasteiger partial charge in [-0.2, -0.15) is 0 Å². The molecule has 196 valence electrons. The summed E-state index contributed by atoms with van der Waals surface area (Å²) in [5, 5.41) is 25.5. The summed E-state index contributed by atoms with van der Waals surface area (Å²) in [6, 6.07) is 13.6. The maximum atomic E-state index is 11.0. The Labute approximate surface area is 216 Å². The molecule has 1 aromatic carbocycles. The highest BCUT2D eigenvalue weighted by Crippen LogP contribution is 2.22.